The molecule has 9 nitrogen and oxygen atoms in total. The molecule has 2 amide bonds. The molecule has 1 atom stereocenters. The zero-order valence-corrected chi connectivity index (χ0v) is 27.2. The van der Waals surface area contributed by atoms with Gasteiger partial charge in [0.1, 0.15) is 13.2 Å². The van der Waals surface area contributed by atoms with E-state index in [0.29, 0.717) is 22.6 Å². The summed E-state index contributed by atoms with van der Waals surface area (Å²) < 4.78 is 42.3. The summed E-state index contributed by atoms with van der Waals surface area (Å²) in [5.74, 6) is -0.0921. The lowest BCUT2D eigenvalue weighted by atomic mass is 10.0. The van der Waals surface area contributed by atoms with Crippen molar-refractivity contribution in [3.8, 4) is 11.5 Å². The number of ether oxygens (including phenoxy) is 2. The largest absolute Gasteiger partial charge is 0.486 e. The molecule has 0 saturated carbocycles. The topological polar surface area (TPSA) is 111 Å². The van der Waals surface area contributed by atoms with E-state index in [1.54, 1.807) is 43.3 Å². The monoisotopic (exact) mass is 610 g/mol. The molecule has 0 unspecified atom stereocenters. The van der Waals surface area contributed by atoms with Crippen LogP contribution in [0.1, 0.15) is 77.6 Å². The molecule has 0 radical (unpaired) electrons. The van der Waals surface area contributed by atoms with E-state index < -0.39 is 27.7 Å². The molecule has 1 heterocycles. The maximum atomic E-state index is 13.5. The van der Waals surface area contributed by atoms with E-state index in [1.807, 2.05) is 61.5 Å². The van der Waals surface area contributed by atoms with Crippen molar-refractivity contribution in [3.05, 3.63) is 88.0 Å². The fourth-order valence-electron chi connectivity index (χ4n) is 4.49. The van der Waals surface area contributed by atoms with Gasteiger partial charge in [0.05, 0.1) is 10.4 Å². The average molecular weight is 611 g/mol. The molecule has 10 heteroatoms. The molecule has 232 valence electrons. The predicted molar refractivity (Wildman–Crippen MR) is 166 cm³/mol. The Hall–Kier alpha value is -3.89. The summed E-state index contributed by atoms with van der Waals surface area (Å²) in [5, 5.41) is 1.33. The third-order valence-corrected chi connectivity index (χ3v) is 7.89. The first-order valence-electron chi connectivity index (χ1n) is 14.3. The quantitative estimate of drug-likeness (QED) is 0.266. The van der Waals surface area contributed by atoms with E-state index in [4.69, 9.17) is 13.7 Å². The first-order chi connectivity index (χ1) is 20.2. The van der Waals surface area contributed by atoms with E-state index in [9.17, 15) is 18.0 Å². The molecule has 43 heavy (non-hydrogen) atoms. The predicted octanol–water partition coefficient (Wildman–Crippen LogP) is 6.08. The lowest BCUT2D eigenvalue weighted by Gasteiger charge is -2.36. The number of hydrogen-bond donors (Lipinski definition) is 1. The summed E-state index contributed by atoms with van der Waals surface area (Å²) in [5.41, 5.74) is 6.12. The van der Waals surface area contributed by atoms with Crippen molar-refractivity contribution < 1.29 is 31.7 Å². The Morgan fingerprint density at radius 2 is 1.53 bits per heavy atom. The van der Waals surface area contributed by atoms with E-state index in [-0.39, 0.29) is 29.6 Å². The van der Waals surface area contributed by atoms with Crippen LogP contribution in [-0.4, -0.2) is 50.1 Å². The number of benzene rings is 3. The van der Waals surface area contributed by atoms with Gasteiger partial charge in [0.15, 0.2) is 17.6 Å². The number of aryl methyl sites for hydroxylation is 3. The van der Waals surface area contributed by atoms with Crippen molar-refractivity contribution >= 4 is 21.9 Å². The number of carbonyl (C=O) groups excluding carboxylic acids is 2. The van der Waals surface area contributed by atoms with Crippen LogP contribution in [0.5, 0.6) is 11.5 Å². The van der Waals surface area contributed by atoms with Gasteiger partial charge in [-0.05, 0) is 84.9 Å². The molecule has 0 saturated heterocycles. The molecule has 0 bridgehead atoms. The van der Waals surface area contributed by atoms with Crippen molar-refractivity contribution in [1.29, 1.82) is 0 Å². The Labute approximate surface area is 255 Å². The number of hydrogen-bond acceptors (Lipinski definition) is 7. The van der Waals surface area contributed by atoms with Crippen LogP contribution >= 0.6 is 0 Å². The van der Waals surface area contributed by atoms with Crippen molar-refractivity contribution in [2.24, 2.45) is 0 Å². The van der Waals surface area contributed by atoms with Gasteiger partial charge in [-0.2, -0.15) is 8.42 Å². The van der Waals surface area contributed by atoms with Crippen LogP contribution < -0.4 is 14.9 Å². The maximum Gasteiger partial charge on any atom is 0.297 e. The number of nitrogens with one attached hydrogen (secondary N) is 1. The standard InChI is InChI=1S/C31H36N2O7S.C2H6/c1-19-8-10-25(11-9-19)41(36,37)39-18-24-17-38-27-13-12-26(22(4)28(27)40-24)29(34)32-33(31(5,6)7)30(35)23-15-20(2)14-21(3)16-23;1-2/h8-16,24H,17-18H2,1-7H3,(H,32,34);1-2H3/t24-;/m1./s1. The lowest BCUT2D eigenvalue weighted by molar-refractivity contribution is 0.0356. The second kappa shape index (κ2) is 13.6. The summed E-state index contributed by atoms with van der Waals surface area (Å²) in [6.07, 6.45) is -0.725. The molecule has 4 rings (SSSR count). The van der Waals surface area contributed by atoms with Crippen LogP contribution in [0.25, 0.3) is 0 Å². The molecule has 0 fully saturated rings. The Bertz CT molecular complexity index is 1560. The molecule has 3 aromatic carbocycles. The first kappa shape index (κ1) is 33.6. The minimum atomic E-state index is -3.99. The Morgan fingerprint density at radius 1 is 0.930 bits per heavy atom. The molecule has 1 aliphatic heterocycles. The van der Waals surface area contributed by atoms with Gasteiger partial charge in [0.25, 0.3) is 21.9 Å². The maximum absolute atomic E-state index is 13.5. The van der Waals surface area contributed by atoms with Gasteiger partial charge in [-0.1, -0.05) is 48.7 Å². The Kier molecular flexibility index (Phi) is 10.6. The molecule has 0 aromatic heterocycles. The third-order valence-electron chi connectivity index (χ3n) is 6.60. The normalized spacial score (nSPS) is 14.3. The SMILES string of the molecule is CC.Cc1ccc(S(=O)(=O)OC[C@H]2COc3ccc(C(=O)NN(C(=O)c4cc(C)cc(C)c4)C(C)(C)C)c(C)c3O2)cc1. The number of carbonyl (C=O) groups is 2. The van der Waals surface area contributed by atoms with Gasteiger partial charge in [0, 0.05) is 16.7 Å². The Morgan fingerprint density at radius 3 is 2.12 bits per heavy atom. The third kappa shape index (κ3) is 8.14. The molecule has 0 aliphatic carbocycles. The molecular formula is C33H42N2O7S. The first-order valence-corrected chi connectivity index (χ1v) is 15.7. The second-order valence-corrected chi connectivity index (χ2v) is 12.9. The summed E-state index contributed by atoms with van der Waals surface area (Å²) in [4.78, 5) is 27.0. The van der Waals surface area contributed by atoms with Gasteiger partial charge in [-0.25, -0.2) is 5.01 Å². The van der Waals surface area contributed by atoms with Gasteiger partial charge in [0.2, 0.25) is 0 Å². The molecule has 1 aliphatic rings. The van der Waals surface area contributed by atoms with Crippen LogP contribution in [0.3, 0.4) is 0 Å². The van der Waals surface area contributed by atoms with Gasteiger partial charge >= 0.3 is 0 Å². The molecule has 0 spiro atoms. The highest BCUT2D eigenvalue weighted by Gasteiger charge is 2.32. The van der Waals surface area contributed by atoms with E-state index >= 15 is 0 Å². The zero-order valence-electron chi connectivity index (χ0n) is 26.4. The van der Waals surface area contributed by atoms with Crippen LogP contribution in [0.15, 0.2) is 59.5 Å². The van der Waals surface area contributed by atoms with Gasteiger partial charge in [-0.15, -0.1) is 0 Å². The fourth-order valence-corrected chi connectivity index (χ4v) is 5.43. The number of amides is 2. The number of rotatable bonds is 6. The highest BCUT2D eigenvalue weighted by atomic mass is 32.2. The number of hydrazine groups is 1. The second-order valence-electron chi connectivity index (χ2n) is 11.3. The highest BCUT2D eigenvalue weighted by molar-refractivity contribution is 7.86. The summed E-state index contributed by atoms with van der Waals surface area (Å²) >= 11 is 0. The van der Waals surface area contributed by atoms with Crippen LogP contribution in [0.4, 0.5) is 0 Å². The van der Waals surface area contributed by atoms with Crippen LogP contribution in [0.2, 0.25) is 0 Å². The summed E-state index contributed by atoms with van der Waals surface area (Å²) in [6, 6.07) is 15.1. The zero-order chi connectivity index (χ0) is 32.1. The summed E-state index contributed by atoms with van der Waals surface area (Å²) in [6.45, 7) is 16.7. The van der Waals surface area contributed by atoms with Gasteiger partial charge < -0.3 is 9.47 Å². The lowest BCUT2D eigenvalue weighted by Crippen LogP contribution is -2.56. The Balaban J connectivity index is 0.00000248. The molecule has 3 aromatic rings. The van der Waals surface area contributed by atoms with Crippen LogP contribution in [-0.2, 0) is 14.3 Å². The smallest absolute Gasteiger partial charge is 0.297 e. The van der Waals surface area contributed by atoms with E-state index in [0.717, 1.165) is 16.7 Å². The minimum Gasteiger partial charge on any atom is -0.486 e. The fraction of sp³-hybridized carbons (Fsp3) is 0.394. The van der Waals surface area contributed by atoms with Crippen molar-refractivity contribution in [2.75, 3.05) is 13.2 Å². The van der Waals surface area contributed by atoms with Crippen molar-refractivity contribution in [2.45, 2.75) is 78.9 Å². The van der Waals surface area contributed by atoms with Crippen molar-refractivity contribution in [1.82, 2.24) is 10.4 Å². The van der Waals surface area contributed by atoms with Gasteiger partial charge in [-0.3, -0.25) is 19.2 Å². The average Bonchev–Trinajstić information content (AvgIpc) is 2.95. The van der Waals surface area contributed by atoms with Crippen molar-refractivity contribution in [3.63, 3.8) is 0 Å². The highest BCUT2D eigenvalue weighted by Crippen LogP contribution is 2.37. The molecule has 1 N–H and O–H groups in total. The van der Waals surface area contributed by atoms with E-state index in [2.05, 4.69) is 5.43 Å². The number of fused-ring (bicyclic) bond motifs is 1. The summed E-state index contributed by atoms with van der Waals surface area (Å²) in [7, 11) is -3.99. The van der Waals surface area contributed by atoms with Crippen LogP contribution in [0, 0.1) is 27.7 Å². The minimum absolute atomic E-state index is 0.0501. The van der Waals surface area contributed by atoms with E-state index in [1.165, 1.54) is 17.1 Å². The number of nitrogens with zero attached hydrogens (tertiary/aromatic N) is 1. The molecular weight excluding hydrogens is 568 g/mol.